The lowest BCUT2D eigenvalue weighted by Gasteiger charge is -2.30. The van der Waals surface area contributed by atoms with E-state index in [9.17, 15) is 9.59 Å². The largest absolute Gasteiger partial charge is 0.316 e. The Kier molecular flexibility index (Phi) is 3.37. The summed E-state index contributed by atoms with van der Waals surface area (Å²) in [5.41, 5.74) is 4.02. The van der Waals surface area contributed by atoms with Crippen LogP contribution in [0.2, 0.25) is 0 Å². The lowest BCUT2D eigenvalue weighted by molar-refractivity contribution is -0.136. The zero-order chi connectivity index (χ0) is 15.8. The van der Waals surface area contributed by atoms with Crippen LogP contribution in [0.15, 0.2) is 48.5 Å². The second-order valence-electron chi connectivity index (χ2n) is 6.02. The molecule has 2 aliphatic rings. The summed E-state index contributed by atoms with van der Waals surface area (Å²) in [7, 11) is 0. The molecule has 0 N–H and O–H groups in total. The summed E-state index contributed by atoms with van der Waals surface area (Å²) < 4.78 is 0. The number of aryl methyl sites for hydroxylation is 1. The number of carbonyl (C=O) groups is 2. The summed E-state index contributed by atoms with van der Waals surface area (Å²) in [5, 5.41) is 0. The first-order valence-corrected chi connectivity index (χ1v) is 8.05. The van der Waals surface area contributed by atoms with Crippen LogP contribution in [0.1, 0.15) is 17.5 Å². The van der Waals surface area contributed by atoms with E-state index in [2.05, 4.69) is 0 Å². The van der Waals surface area contributed by atoms with E-state index < -0.39 is 11.8 Å². The summed E-state index contributed by atoms with van der Waals surface area (Å²) in [4.78, 5) is 28.8. The minimum absolute atomic E-state index is 0.422. The Bertz CT molecular complexity index is 784. The molecule has 2 aromatic carbocycles. The van der Waals surface area contributed by atoms with Gasteiger partial charge in [0.15, 0.2) is 0 Å². The van der Waals surface area contributed by atoms with Crippen molar-refractivity contribution >= 4 is 23.2 Å². The zero-order valence-corrected chi connectivity index (χ0v) is 12.9. The Hall–Kier alpha value is -2.62. The number of nitrogens with zero attached hydrogens (tertiary/aromatic N) is 2. The summed E-state index contributed by atoms with van der Waals surface area (Å²) >= 11 is 0. The van der Waals surface area contributed by atoms with Gasteiger partial charge in [-0.15, -0.1) is 0 Å². The van der Waals surface area contributed by atoms with Gasteiger partial charge >= 0.3 is 11.8 Å². The predicted molar refractivity (Wildman–Crippen MR) is 89.6 cm³/mol. The average Bonchev–Trinajstić information content (AvgIpc) is 3.04. The number of carbonyl (C=O) groups excluding carboxylic acids is 2. The summed E-state index contributed by atoms with van der Waals surface area (Å²) in [6.07, 6.45) is 2.67. The lowest BCUT2D eigenvalue weighted by Crippen LogP contribution is -2.46. The van der Waals surface area contributed by atoms with Gasteiger partial charge in [-0.1, -0.05) is 36.4 Å². The Labute approximate surface area is 135 Å². The smallest absolute Gasteiger partial charge is 0.304 e. The van der Waals surface area contributed by atoms with E-state index in [0.29, 0.717) is 13.1 Å². The number of amides is 2. The van der Waals surface area contributed by atoms with Gasteiger partial charge in [0, 0.05) is 24.5 Å². The maximum Gasteiger partial charge on any atom is 0.316 e. The molecular formula is C19H18N2O2. The minimum Gasteiger partial charge on any atom is -0.304 e. The molecule has 4 nitrogen and oxygen atoms in total. The van der Waals surface area contributed by atoms with E-state index in [0.717, 1.165) is 41.8 Å². The van der Waals surface area contributed by atoms with E-state index in [-0.39, 0.29) is 0 Å². The maximum absolute atomic E-state index is 12.8. The monoisotopic (exact) mass is 306 g/mol. The van der Waals surface area contributed by atoms with Crippen molar-refractivity contribution in [2.45, 2.75) is 19.3 Å². The number of hydrogen-bond donors (Lipinski definition) is 0. The van der Waals surface area contributed by atoms with Crippen LogP contribution in [0.5, 0.6) is 0 Å². The molecule has 116 valence electrons. The quantitative estimate of drug-likeness (QED) is 0.702. The second-order valence-corrected chi connectivity index (χ2v) is 6.02. The van der Waals surface area contributed by atoms with Gasteiger partial charge in [0.1, 0.15) is 0 Å². The first-order valence-electron chi connectivity index (χ1n) is 8.05. The molecule has 23 heavy (non-hydrogen) atoms. The van der Waals surface area contributed by atoms with Gasteiger partial charge in [0.05, 0.1) is 0 Å². The molecule has 0 spiro atoms. The van der Waals surface area contributed by atoms with Crippen LogP contribution >= 0.6 is 0 Å². The summed E-state index contributed by atoms with van der Waals surface area (Å²) in [6.45, 7) is 1.19. The number of hydrogen-bond acceptors (Lipinski definition) is 2. The minimum atomic E-state index is -0.424. The van der Waals surface area contributed by atoms with Gasteiger partial charge in [-0.2, -0.15) is 0 Å². The first kappa shape index (κ1) is 14.0. The molecule has 0 aliphatic carbocycles. The maximum atomic E-state index is 12.8. The number of anilines is 2. The highest BCUT2D eigenvalue weighted by Crippen LogP contribution is 2.30. The predicted octanol–water partition coefficient (Wildman–Crippen LogP) is 2.56. The lowest BCUT2D eigenvalue weighted by atomic mass is 10.0. The van der Waals surface area contributed by atoms with Crippen molar-refractivity contribution in [2.24, 2.45) is 0 Å². The number of rotatable bonds is 0. The van der Waals surface area contributed by atoms with E-state index in [1.807, 2.05) is 48.5 Å². The normalized spacial score (nSPS) is 16.0. The molecule has 4 heteroatoms. The van der Waals surface area contributed by atoms with E-state index in [1.165, 1.54) is 0 Å². The van der Waals surface area contributed by atoms with E-state index >= 15 is 0 Å². The highest BCUT2D eigenvalue weighted by atomic mass is 16.2. The molecule has 0 atom stereocenters. The van der Waals surface area contributed by atoms with Gasteiger partial charge in [-0.05, 0) is 42.5 Å². The van der Waals surface area contributed by atoms with Gasteiger partial charge < -0.3 is 9.80 Å². The van der Waals surface area contributed by atoms with Crippen LogP contribution < -0.4 is 9.80 Å². The molecule has 2 amide bonds. The van der Waals surface area contributed by atoms with Crippen molar-refractivity contribution < 1.29 is 9.59 Å². The van der Waals surface area contributed by atoms with Gasteiger partial charge in [0.25, 0.3) is 0 Å². The standard InChI is InChI=1S/C19H18N2O2/c22-18(20-12-5-8-14-6-1-3-9-16(14)20)19(23)21-13-11-15-7-2-4-10-17(15)21/h1-4,6-7,9-10H,5,8,11-13H2. The Morgan fingerprint density at radius 2 is 1.22 bits per heavy atom. The number of fused-ring (bicyclic) bond motifs is 2. The molecule has 0 unspecified atom stereocenters. The van der Waals surface area contributed by atoms with Crippen LogP contribution in [0.25, 0.3) is 0 Å². The topological polar surface area (TPSA) is 40.6 Å². The molecular weight excluding hydrogens is 288 g/mol. The fourth-order valence-electron chi connectivity index (χ4n) is 3.52. The van der Waals surface area contributed by atoms with E-state index in [4.69, 9.17) is 0 Å². The molecule has 0 saturated heterocycles. The molecule has 4 rings (SSSR count). The summed E-state index contributed by atoms with van der Waals surface area (Å²) in [5.74, 6) is -0.847. The molecule has 2 heterocycles. The van der Waals surface area contributed by atoms with Crippen LogP contribution in [-0.4, -0.2) is 24.9 Å². The molecule has 2 aliphatic heterocycles. The third kappa shape index (κ3) is 2.31. The van der Waals surface area contributed by atoms with Gasteiger partial charge in [-0.25, -0.2) is 0 Å². The van der Waals surface area contributed by atoms with Gasteiger partial charge in [0.2, 0.25) is 0 Å². The molecule has 0 radical (unpaired) electrons. The number of para-hydroxylation sites is 2. The van der Waals surface area contributed by atoms with Crippen molar-refractivity contribution in [1.29, 1.82) is 0 Å². The van der Waals surface area contributed by atoms with Crippen LogP contribution in [0, 0.1) is 0 Å². The second kappa shape index (κ2) is 5.54. The average molecular weight is 306 g/mol. The van der Waals surface area contributed by atoms with E-state index in [1.54, 1.807) is 9.80 Å². The third-order valence-corrected chi connectivity index (χ3v) is 4.67. The fraction of sp³-hybridized carbons (Fsp3) is 0.263. The summed E-state index contributed by atoms with van der Waals surface area (Å²) in [6, 6.07) is 15.7. The molecule has 0 saturated carbocycles. The van der Waals surface area contributed by atoms with Crippen LogP contribution in [0.3, 0.4) is 0 Å². The Morgan fingerprint density at radius 3 is 1.87 bits per heavy atom. The first-order chi connectivity index (χ1) is 11.3. The number of benzene rings is 2. The molecule has 2 aromatic rings. The molecule has 0 bridgehead atoms. The van der Waals surface area contributed by atoms with Crippen molar-refractivity contribution in [3.05, 3.63) is 59.7 Å². The van der Waals surface area contributed by atoms with Gasteiger partial charge in [-0.3, -0.25) is 9.59 Å². The Balaban J connectivity index is 1.62. The van der Waals surface area contributed by atoms with Crippen molar-refractivity contribution in [3.8, 4) is 0 Å². The van der Waals surface area contributed by atoms with Crippen molar-refractivity contribution in [1.82, 2.24) is 0 Å². The highest BCUT2D eigenvalue weighted by molar-refractivity contribution is 6.45. The SMILES string of the molecule is O=C(C(=O)N1CCc2ccccc21)N1CCCc2ccccc21. The third-order valence-electron chi connectivity index (χ3n) is 4.67. The molecule has 0 fully saturated rings. The fourth-order valence-corrected chi connectivity index (χ4v) is 3.52. The van der Waals surface area contributed by atoms with Crippen molar-refractivity contribution in [3.63, 3.8) is 0 Å². The van der Waals surface area contributed by atoms with Crippen LogP contribution in [-0.2, 0) is 22.4 Å². The Morgan fingerprint density at radius 1 is 0.696 bits per heavy atom. The molecule has 0 aromatic heterocycles. The van der Waals surface area contributed by atoms with Crippen LogP contribution in [0.4, 0.5) is 11.4 Å². The zero-order valence-electron chi connectivity index (χ0n) is 12.9. The highest BCUT2D eigenvalue weighted by Gasteiger charge is 2.33. The van der Waals surface area contributed by atoms with Crippen molar-refractivity contribution in [2.75, 3.05) is 22.9 Å².